The maximum absolute atomic E-state index is 10.5. The van der Waals surface area contributed by atoms with Crippen LogP contribution in [0.5, 0.6) is 0 Å². The van der Waals surface area contributed by atoms with Crippen LogP contribution in [0.15, 0.2) is 23.3 Å². The second kappa shape index (κ2) is 4.46. The fraction of sp³-hybridized carbons (Fsp3) is 0.250. The minimum Gasteiger partial charge on any atom is -0.396 e. The lowest BCUT2D eigenvalue weighted by molar-refractivity contribution is 0.303. The van der Waals surface area contributed by atoms with Crippen molar-refractivity contribution in [3.8, 4) is 0 Å². The molecule has 0 fully saturated rings. The van der Waals surface area contributed by atoms with Gasteiger partial charge in [-0.05, 0) is 6.42 Å². The first-order valence-electron chi connectivity index (χ1n) is 3.65. The smallest absolute Gasteiger partial charge is 0.344 e. The maximum Gasteiger partial charge on any atom is 0.344 e. The fourth-order valence-electron chi connectivity index (χ4n) is 0.738. The number of aromatic amines is 1. The van der Waals surface area contributed by atoms with Gasteiger partial charge in [-0.3, -0.25) is 0 Å². The van der Waals surface area contributed by atoms with Crippen molar-refractivity contribution in [2.45, 2.75) is 6.42 Å². The van der Waals surface area contributed by atoms with E-state index in [9.17, 15) is 4.79 Å². The molecule has 12 heavy (non-hydrogen) atoms. The first kappa shape index (κ1) is 8.67. The summed E-state index contributed by atoms with van der Waals surface area (Å²) in [4.78, 5) is 16.5. The number of nitrogens with one attached hydrogen (secondary N) is 1. The summed E-state index contributed by atoms with van der Waals surface area (Å²) in [6, 6.07) is 0. The van der Waals surface area contributed by atoms with E-state index in [1.807, 2.05) is 6.08 Å². The molecule has 1 rings (SSSR count). The zero-order valence-electron chi connectivity index (χ0n) is 6.53. The van der Waals surface area contributed by atoms with Gasteiger partial charge in [-0.15, -0.1) is 0 Å². The summed E-state index contributed by atoms with van der Waals surface area (Å²) in [5.74, 6) is 0. The van der Waals surface area contributed by atoms with Gasteiger partial charge in [0.25, 0.3) is 0 Å². The van der Waals surface area contributed by atoms with Crippen LogP contribution in [0, 0.1) is 0 Å². The van der Waals surface area contributed by atoms with E-state index in [0.29, 0.717) is 6.42 Å². The minimum atomic E-state index is -0.352. The molecule has 0 spiro atoms. The normalized spacial score (nSPS) is 10.8. The number of hydrogen-bond donors (Lipinski definition) is 2. The van der Waals surface area contributed by atoms with Gasteiger partial charge in [0, 0.05) is 24.6 Å². The molecule has 1 heterocycles. The number of aromatic nitrogens is 2. The topological polar surface area (TPSA) is 66.0 Å². The summed E-state index contributed by atoms with van der Waals surface area (Å²) in [5.41, 5.74) is 0.470. The van der Waals surface area contributed by atoms with Crippen LogP contribution in [0.4, 0.5) is 0 Å². The van der Waals surface area contributed by atoms with Crippen LogP contribution >= 0.6 is 0 Å². The van der Waals surface area contributed by atoms with Gasteiger partial charge < -0.3 is 10.1 Å². The highest BCUT2D eigenvalue weighted by atomic mass is 16.2. The monoisotopic (exact) mass is 166 g/mol. The Labute approximate surface area is 69.6 Å². The highest BCUT2D eigenvalue weighted by Crippen LogP contribution is 1.95. The fourth-order valence-corrected chi connectivity index (χ4v) is 0.738. The highest BCUT2D eigenvalue weighted by molar-refractivity contribution is 5.45. The van der Waals surface area contributed by atoms with Crippen LogP contribution in [0.3, 0.4) is 0 Å². The summed E-state index contributed by atoms with van der Waals surface area (Å²) in [5, 5.41) is 8.46. The van der Waals surface area contributed by atoms with Crippen LogP contribution in [0.1, 0.15) is 12.0 Å². The molecule has 0 unspecified atom stereocenters. The Morgan fingerprint density at radius 2 is 2.50 bits per heavy atom. The second-order valence-corrected chi connectivity index (χ2v) is 2.27. The Balaban J connectivity index is 2.64. The third-order valence-corrected chi connectivity index (χ3v) is 1.30. The zero-order valence-corrected chi connectivity index (χ0v) is 6.53. The Bertz CT molecular complexity index is 297. The summed E-state index contributed by atoms with van der Waals surface area (Å²) in [7, 11) is 0. The number of H-pyrrole nitrogens is 1. The van der Waals surface area contributed by atoms with Crippen LogP contribution in [0.2, 0.25) is 0 Å². The summed E-state index contributed by atoms with van der Waals surface area (Å²) >= 11 is 0. The zero-order chi connectivity index (χ0) is 8.81. The van der Waals surface area contributed by atoms with Crippen LogP contribution in [0.25, 0.3) is 6.08 Å². The van der Waals surface area contributed by atoms with E-state index in [1.165, 1.54) is 6.20 Å². The lowest BCUT2D eigenvalue weighted by Crippen LogP contribution is -2.07. The van der Waals surface area contributed by atoms with E-state index in [-0.39, 0.29) is 12.3 Å². The molecule has 0 radical (unpaired) electrons. The van der Waals surface area contributed by atoms with Gasteiger partial charge in [-0.1, -0.05) is 12.2 Å². The van der Waals surface area contributed by atoms with Gasteiger partial charge in [-0.2, -0.15) is 0 Å². The molecule has 0 aliphatic rings. The quantitative estimate of drug-likeness (QED) is 0.672. The summed E-state index contributed by atoms with van der Waals surface area (Å²) < 4.78 is 0. The molecule has 4 nitrogen and oxygen atoms in total. The standard InChI is InChI=1S/C8H10N2O2/c11-4-2-1-3-7-5-9-8(12)10-6-7/h1,3,5-6,11H,2,4H2,(H,9,10,12). The molecule has 0 aliphatic carbocycles. The van der Waals surface area contributed by atoms with E-state index in [2.05, 4.69) is 9.97 Å². The van der Waals surface area contributed by atoms with Crippen LogP contribution < -0.4 is 5.69 Å². The molecule has 0 amide bonds. The Hall–Kier alpha value is -1.42. The van der Waals surface area contributed by atoms with Crippen molar-refractivity contribution in [1.82, 2.24) is 9.97 Å². The molecule has 0 aromatic carbocycles. The van der Waals surface area contributed by atoms with Crippen LogP contribution in [-0.2, 0) is 0 Å². The average Bonchev–Trinajstić information content (AvgIpc) is 2.09. The van der Waals surface area contributed by atoms with Crippen molar-refractivity contribution in [2.24, 2.45) is 0 Å². The van der Waals surface area contributed by atoms with Crippen molar-refractivity contribution >= 4 is 6.08 Å². The van der Waals surface area contributed by atoms with E-state index in [1.54, 1.807) is 12.3 Å². The highest BCUT2D eigenvalue weighted by Gasteiger charge is 1.85. The maximum atomic E-state index is 10.5. The predicted octanol–water partition coefficient (Wildman–Crippen LogP) is 0.166. The Kier molecular flexibility index (Phi) is 3.22. The van der Waals surface area contributed by atoms with E-state index in [4.69, 9.17) is 5.11 Å². The number of nitrogens with zero attached hydrogens (tertiary/aromatic N) is 1. The second-order valence-electron chi connectivity index (χ2n) is 2.27. The summed E-state index contributed by atoms with van der Waals surface area (Å²) in [6.45, 7) is 0.132. The SMILES string of the molecule is O=c1ncc(C=CCCO)c[nH]1. The van der Waals surface area contributed by atoms with Crippen LogP contribution in [-0.4, -0.2) is 21.7 Å². The van der Waals surface area contributed by atoms with Gasteiger partial charge in [0.15, 0.2) is 0 Å². The Morgan fingerprint density at radius 3 is 3.08 bits per heavy atom. The molecule has 0 aliphatic heterocycles. The molecule has 2 N–H and O–H groups in total. The third kappa shape index (κ3) is 2.67. The van der Waals surface area contributed by atoms with Gasteiger partial charge in [-0.25, -0.2) is 9.78 Å². The van der Waals surface area contributed by atoms with Gasteiger partial charge in [0.05, 0.1) is 0 Å². The van der Waals surface area contributed by atoms with E-state index < -0.39 is 0 Å². The van der Waals surface area contributed by atoms with Crippen molar-refractivity contribution in [2.75, 3.05) is 6.61 Å². The van der Waals surface area contributed by atoms with E-state index in [0.717, 1.165) is 5.56 Å². The summed E-state index contributed by atoms with van der Waals surface area (Å²) in [6.07, 6.45) is 7.27. The van der Waals surface area contributed by atoms with Gasteiger partial charge >= 0.3 is 5.69 Å². The van der Waals surface area contributed by atoms with Gasteiger partial charge in [0.1, 0.15) is 0 Å². The largest absolute Gasteiger partial charge is 0.396 e. The third-order valence-electron chi connectivity index (χ3n) is 1.30. The number of rotatable bonds is 3. The molecule has 1 aromatic rings. The predicted molar refractivity (Wildman–Crippen MR) is 45.6 cm³/mol. The first-order valence-corrected chi connectivity index (χ1v) is 3.65. The minimum absolute atomic E-state index is 0.132. The molecule has 0 saturated carbocycles. The lowest BCUT2D eigenvalue weighted by atomic mass is 10.3. The van der Waals surface area contributed by atoms with Crippen molar-refractivity contribution in [3.63, 3.8) is 0 Å². The van der Waals surface area contributed by atoms with Crippen molar-refractivity contribution in [1.29, 1.82) is 0 Å². The Morgan fingerprint density at radius 1 is 1.67 bits per heavy atom. The molecule has 0 bridgehead atoms. The first-order chi connectivity index (χ1) is 5.83. The number of hydrogen-bond acceptors (Lipinski definition) is 3. The van der Waals surface area contributed by atoms with E-state index >= 15 is 0 Å². The molecule has 0 saturated heterocycles. The molecule has 0 atom stereocenters. The lowest BCUT2D eigenvalue weighted by Gasteiger charge is -1.89. The molecule has 1 aromatic heterocycles. The molecule has 64 valence electrons. The molecule has 4 heteroatoms. The van der Waals surface area contributed by atoms with Crippen molar-refractivity contribution in [3.05, 3.63) is 34.5 Å². The molecular formula is C8H10N2O2. The van der Waals surface area contributed by atoms with Gasteiger partial charge in [0.2, 0.25) is 0 Å². The van der Waals surface area contributed by atoms with Crippen molar-refractivity contribution < 1.29 is 5.11 Å². The average molecular weight is 166 g/mol. The number of aliphatic hydroxyl groups excluding tert-OH is 1. The molecular weight excluding hydrogens is 156 g/mol. The number of aliphatic hydroxyl groups is 1.